The van der Waals surface area contributed by atoms with Crippen molar-refractivity contribution < 1.29 is 19.8 Å². The molecule has 0 spiro atoms. The van der Waals surface area contributed by atoms with Crippen molar-refractivity contribution in [2.45, 2.75) is 45.3 Å². The van der Waals surface area contributed by atoms with Crippen molar-refractivity contribution in [2.75, 3.05) is 19.6 Å². The SMILES string of the molecule is CC(C)(C)N(CC(=O)O)C(=O)N1CC2CCC(O)C2C1. The lowest BCUT2D eigenvalue weighted by Gasteiger charge is -2.37. The summed E-state index contributed by atoms with van der Waals surface area (Å²) in [6, 6.07) is -0.235. The number of aliphatic hydroxyl groups is 1. The number of aliphatic carboxylic acids is 1. The number of amides is 2. The summed E-state index contributed by atoms with van der Waals surface area (Å²) in [5.41, 5.74) is -0.536. The Morgan fingerprint density at radius 2 is 1.90 bits per heavy atom. The van der Waals surface area contributed by atoms with Crippen LogP contribution in [-0.2, 0) is 4.79 Å². The number of hydrogen-bond acceptors (Lipinski definition) is 3. The summed E-state index contributed by atoms with van der Waals surface area (Å²) in [5, 5.41) is 18.9. The first-order valence-corrected chi connectivity index (χ1v) is 7.16. The molecule has 0 aromatic carbocycles. The van der Waals surface area contributed by atoms with Crippen LogP contribution in [0.1, 0.15) is 33.6 Å². The molecule has 2 fully saturated rings. The lowest BCUT2D eigenvalue weighted by Crippen LogP contribution is -2.53. The van der Waals surface area contributed by atoms with Gasteiger partial charge in [-0.05, 0) is 39.5 Å². The van der Waals surface area contributed by atoms with E-state index in [9.17, 15) is 14.7 Å². The van der Waals surface area contributed by atoms with Crippen LogP contribution in [0, 0.1) is 11.8 Å². The zero-order valence-electron chi connectivity index (χ0n) is 12.4. The zero-order chi connectivity index (χ0) is 15.1. The Balaban J connectivity index is 2.07. The molecule has 3 unspecified atom stereocenters. The Labute approximate surface area is 119 Å². The van der Waals surface area contributed by atoms with Gasteiger partial charge in [-0.1, -0.05) is 0 Å². The highest BCUT2D eigenvalue weighted by molar-refractivity contribution is 5.81. The Kier molecular flexibility index (Phi) is 3.95. The largest absolute Gasteiger partial charge is 0.480 e. The second-order valence-electron chi connectivity index (χ2n) is 6.91. The molecule has 0 bridgehead atoms. The molecule has 0 aromatic rings. The van der Waals surface area contributed by atoms with Crippen LogP contribution >= 0.6 is 0 Å². The summed E-state index contributed by atoms with van der Waals surface area (Å²) in [7, 11) is 0. The normalized spacial score (nSPS) is 29.4. The lowest BCUT2D eigenvalue weighted by molar-refractivity contribution is -0.138. The Morgan fingerprint density at radius 1 is 1.25 bits per heavy atom. The second kappa shape index (κ2) is 5.24. The number of rotatable bonds is 2. The number of carbonyl (C=O) groups is 2. The minimum atomic E-state index is -1.01. The summed E-state index contributed by atoms with van der Waals surface area (Å²) in [6.45, 7) is 6.37. The quantitative estimate of drug-likeness (QED) is 0.792. The van der Waals surface area contributed by atoms with Gasteiger partial charge in [-0.3, -0.25) is 4.79 Å². The van der Waals surface area contributed by atoms with Crippen molar-refractivity contribution in [1.29, 1.82) is 0 Å². The molecule has 114 valence electrons. The van der Waals surface area contributed by atoms with Crippen molar-refractivity contribution in [3.8, 4) is 0 Å². The van der Waals surface area contributed by atoms with E-state index in [1.807, 2.05) is 20.8 Å². The van der Waals surface area contributed by atoms with Crippen LogP contribution in [0.5, 0.6) is 0 Å². The molecule has 6 heteroatoms. The predicted molar refractivity (Wildman–Crippen MR) is 73.3 cm³/mol. The fourth-order valence-corrected chi connectivity index (χ4v) is 3.29. The molecule has 1 aliphatic heterocycles. The van der Waals surface area contributed by atoms with Gasteiger partial charge in [0.05, 0.1) is 6.10 Å². The number of aliphatic hydroxyl groups excluding tert-OH is 1. The van der Waals surface area contributed by atoms with Crippen LogP contribution in [0.15, 0.2) is 0 Å². The van der Waals surface area contributed by atoms with Crippen LogP contribution in [0.3, 0.4) is 0 Å². The third kappa shape index (κ3) is 2.90. The molecule has 1 aliphatic carbocycles. The van der Waals surface area contributed by atoms with Crippen molar-refractivity contribution in [1.82, 2.24) is 9.80 Å². The zero-order valence-corrected chi connectivity index (χ0v) is 12.4. The van der Waals surface area contributed by atoms with Gasteiger partial charge in [-0.15, -0.1) is 0 Å². The fourth-order valence-electron chi connectivity index (χ4n) is 3.29. The van der Waals surface area contributed by atoms with Crippen LogP contribution in [-0.4, -0.2) is 63.3 Å². The van der Waals surface area contributed by atoms with Gasteiger partial charge in [0, 0.05) is 24.5 Å². The van der Waals surface area contributed by atoms with Crippen LogP contribution < -0.4 is 0 Å². The van der Waals surface area contributed by atoms with Crippen molar-refractivity contribution in [2.24, 2.45) is 11.8 Å². The van der Waals surface area contributed by atoms with Crippen molar-refractivity contribution >= 4 is 12.0 Å². The van der Waals surface area contributed by atoms with E-state index in [0.717, 1.165) is 12.8 Å². The number of fused-ring (bicyclic) bond motifs is 1. The second-order valence-corrected chi connectivity index (χ2v) is 6.91. The maximum Gasteiger partial charge on any atom is 0.323 e. The van der Waals surface area contributed by atoms with Gasteiger partial charge >= 0.3 is 12.0 Å². The first kappa shape index (κ1) is 15.1. The summed E-state index contributed by atoms with van der Waals surface area (Å²) in [4.78, 5) is 26.6. The number of carboxylic acid groups (broad SMARTS) is 1. The van der Waals surface area contributed by atoms with Crippen molar-refractivity contribution in [3.63, 3.8) is 0 Å². The lowest BCUT2D eigenvalue weighted by atomic mass is 10.00. The van der Waals surface area contributed by atoms with E-state index in [0.29, 0.717) is 19.0 Å². The van der Waals surface area contributed by atoms with Crippen LogP contribution in [0.4, 0.5) is 4.79 Å². The Morgan fingerprint density at radius 3 is 2.40 bits per heavy atom. The minimum absolute atomic E-state index is 0.158. The minimum Gasteiger partial charge on any atom is -0.480 e. The van der Waals surface area contributed by atoms with Gasteiger partial charge < -0.3 is 20.0 Å². The molecule has 0 aromatic heterocycles. The van der Waals surface area contributed by atoms with E-state index in [2.05, 4.69) is 0 Å². The molecule has 6 nitrogen and oxygen atoms in total. The molecule has 1 saturated heterocycles. The van der Waals surface area contributed by atoms with E-state index < -0.39 is 11.5 Å². The fraction of sp³-hybridized carbons (Fsp3) is 0.857. The standard InChI is InChI=1S/C14H24N2O4/c1-14(2,3)16(8-12(18)19)13(20)15-6-9-4-5-11(17)10(9)7-15/h9-11,17H,4-8H2,1-3H3,(H,18,19). The van der Waals surface area contributed by atoms with Gasteiger partial charge in [0.1, 0.15) is 6.54 Å². The van der Waals surface area contributed by atoms with E-state index in [-0.39, 0.29) is 24.6 Å². The first-order valence-electron chi connectivity index (χ1n) is 7.16. The van der Waals surface area contributed by atoms with Gasteiger partial charge in [0.25, 0.3) is 0 Å². The molecule has 0 radical (unpaired) electrons. The molecule has 3 atom stereocenters. The maximum atomic E-state index is 12.6. The summed E-state index contributed by atoms with van der Waals surface area (Å²) in [5.74, 6) is -0.487. The number of likely N-dealkylation sites (tertiary alicyclic amines) is 1. The molecular formula is C14H24N2O4. The molecular weight excluding hydrogens is 260 g/mol. The van der Waals surface area contributed by atoms with Crippen molar-refractivity contribution in [3.05, 3.63) is 0 Å². The Bertz CT molecular complexity index is 404. The van der Waals surface area contributed by atoms with Crippen LogP contribution in [0.2, 0.25) is 0 Å². The van der Waals surface area contributed by atoms with Gasteiger partial charge in [0.2, 0.25) is 0 Å². The van der Waals surface area contributed by atoms with E-state index in [1.54, 1.807) is 4.90 Å². The van der Waals surface area contributed by atoms with Gasteiger partial charge in [0.15, 0.2) is 0 Å². The molecule has 1 saturated carbocycles. The summed E-state index contributed by atoms with van der Waals surface area (Å²) < 4.78 is 0. The highest BCUT2D eigenvalue weighted by Crippen LogP contribution is 2.38. The van der Waals surface area contributed by atoms with E-state index >= 15 is 0 Å². The molecule has 20 heavy (non-hydrogen) atoms. The Hall–Kier alpha value is -1.30. The third-order valence-electron chi connectivity index (χ3n) is 4.42. The number of hydrogen-bond donors (Lipinski definition) is 2. The number of carboxylic acids is 1. The third-order valence-corrected chi connectivity index (χ3v) is 4.42. The molecule has 2 rings (SSSR count). The maximum absolute atomic E-state index is 12.6. The van der Waals surface area contributed by atoms with Crippen LogP contribution in [0.25, 0.3) is 0 Å². The van der Waals surface area contributed by atoms with Gasteiger partial charge in [-0.25, -0.2) is 4.79 Å². The average Bonchev–Trinajstić information content (AvgIpc) is 2.86. The monoisotopic (exact) mass is 284 g/mol. The highest BCUT2D eigenvalue weighted by atomic mass is 16.4. The number of urea groups is 1. The first-order chi connectivity index (χ1) is 9.20. The number of carbonyl (C=O) groups excluding carboxylic acids is 1. The highest BCUT2D eigenvalue weighted by Gasteiger charge is 2.45. The topological polar surface area (TPSA) is 81.1 Å². The summed E-state index contributed by atoms with van der Waals surface area (Å²) >= 11 is 0. The molecule has 2 amide bonds. The molecule has 2 aliphatic rings. The predicted octanol–water partition coefficient (Wildman–Crippen LogP) is 0.994. The summed E-state index contributed by atoms with van der Waals surface area (Å²) in [6.07, 6.45) is 1.44. The average molecular weight is 284 g/mol. The molecule has 1 heterocycles. The smallest absolute Gasteiger partial charge is 0.323 e. The number of nitrogens with zero attached hydrogens (tertiary/aromatic N) is 2. The molecule has 2 N–H and O–H groups in total. The van der Waals surface area contributed by atoms with E-state index in [1.165, 1.54) is 4.90 Å². The van der Waals surface area contributed by atoms with Gasteiger partial charge in [-0.2, -0.15) is 0 Å². The van der Waals surface area contributed by atoms with E-state index in [4.69, 9.17) is 5.11 Å².